The van der Waals surface area contributed by atoms with Crippen molar-refractivity contribution in [2.24, 2.45) is 0 Å². The molecule has 37 heavy (non-hydrogen) atoms. The Kier molecular flexibility index (Phi) is 7.88. The molecule has 4 rings (SSSR count). The number of hydrogen-bond donors (Lipinski definition) is 1. The number of ether oxygens (including phenoxy) is 2. The fraction of sp³-hybridized carbons (Fsp3) is 0.222. The van der Waals surface area contributed by atoms with Crippen molar-refractivity contribution in [2.45, 2.75) is 19.5 Å². The van der Waals surface area contributed by atoms with Crippen LogP contribution in [0, 0.1) is 0 Å². The van der Waals surface area contributed by atoms with E-state index in [2.05, 4.69) is 15.4 Å². The van der Waals surface area contributed by atoms with Gasteiger partial charge < -0.3 is 14.8 Å². The predicted molar refractivity (Wildman–Crippen MR) is 133 cm³/mol. The predicted octanol–water partition coefficient (Wildman–Crippen LogP) is 5.79. The number of benzene rings is 3. The highest BCUT2D eigenvalue weighted by Gasteiger charge is 2.30. The molecule has 3 aromatic carbocycles. The molecule has 0 aliphatic heterocycles. The highest BCUT2D eigenvalue weighted by Crippen LogP contribution is 2.31. The van der Waals surface area contributed by atoms with Gasteiger partial charge in [0.1, 0.15) is 6.61 Å². The molecule has 0 fully saturated rings. The van der Waals surface area contributed by atoms with Crippen LogP contribution < -0.4 is 10.1 Å². The Morgan fingerprint density at radius 3 is 2.22 bits per heavy atom. The standard InChI is InChI=1S/C27H25F3N4O3/c1-3-18-4-6-20(7-5-18)25(35)31-22-12-14-23(15-13-22)34-24(32-26(33-34)37-17-16-36-2)19-8-10-21(11-9-19)27(28,29)30/h4-15H,3,16-17H2,1-2H3,(H,31,35). The molecule has 10 heteroatoms. The van der Waals surface area contributed by atoms with Gasteiger partial charge in [0.15, 0.2) is 5.82 Å². The monoisotopic (exact) mass is 510 g/mol. The van der Waals surface area contributed by atoms with E-state index in [1.807, 2.05) is 19.1 Å². The normalized spacial score (nSPS) is 11.4. The number of hydrogen-bond acceptors (Lipinski definition) is 5. The van der Waals surface area contributed by atoms with Crippen molar-refractivity contribution in [2.75, 3.05) is 25.6 Å². The molecule has 7 nitrogen and oxygen atoms in total. The topological polar surface area (TPSA) is 78.3 Å². The first kappa shape index (κ1) is 25.9. The van der Waals surface area contributed by atoms with Crippen LogP contribution in [-0.4, -0.2) is 41.0 Å². The molecule has 0 radical (unpaired) electrons. The van der Waals surface area contributed by atoms with E-state index in [9.17, 15) is 18.0 Å². The minimum atomic E-state index is -4.45. The first-order chi connectivity index (χ1) is 17.8. The number of nitrogens with one attached hydrogen (secondary N) is 1. The molecule has 1 heterocycles. The average molecular weight is 511 g/mol. The van der Waals surface area contributed by atoms with Crippen molar-refractivity contribution in [1.82, 2.24) is 14.8 Å². The summed E-state index contributed by atoms with van der Waals surface area (Å²) in [6.45, 7) is 2.57. The Hall–Kier alpha value is -4.18. The fourth-order valence-electron chi connectivity index (χ4n) is 3.53. The maximum atomic E-state index is 13.0. The van der Waals surface area contributed by atoms with Gasteiger partial charge in [0, 0.05) is 23.9 Å². The summed E-state index contributed by atoms with van der Waals surface area (Å²) in [6.07, 6.45) is -3.56. The molecular formula is C27H25F3N4O3. The van der Waals surface area contributed by atoms with Gasteiger partial charge in [-0.25, -0.2) is 4.68 Å². The van der Waals surface area contributed by atoms with Crippen LogP contribution in [0.3, 0.4) is 0 Å². The van der Waals surface area contributed by atoms with Crippen molar-refractivity contribution < 1.29 is 27.4 Å². The number of methoxy groups -OCH3 is 1. The van der Waals surface area contributed by atoms with E-state index in [1.165, 1.54) is 23.9 Å². The summed E-state index contributed by atoms with van der Waals surface area (Å²) in [6, 6.07) is 18.9. The van der Waals surface area contributed by atoms with Crippen molar-refractivity contribution in [3.63, 3.8) is 0 Å². The Morgan fingerprint density at radius 1 is 0.946 bits per heavy atom. The Bertz CT molecular complexity index is 1330. The number of carbonyl (C=O) groups is 1. The van der Waals surface area contributed by atoms with Gasteiger partial charge in [0.25, 0.3) is 5.91 Å². The lowest BCUT2D eigenvalue weighted by atomic mass is 10.1. The van der Waals surface area contributed by atoms with Gasteiger partial charge in [-0.1, -0.05) is 31.2 Å². The molecular weight excluding hydrogens is 485 g/mol. The molecule has 0 saturated carbocycles. The molecule has 0 unspecified atom stereocenters. The van der Waals surface area contributed by atoms with Crippen molar-refractivity contribution >= 4 is 11.6 Å². The van der Waals surface area contributed by atoms with Crippen molar-refractivity contribution in [1.29, 1.82) is 0 Å². The van der Waals surface area contributed by atoms with Crippen LogP contribution in [0.1, 0.15) is 28.4 Å². The van der Waals surface area contributed by atoms with Gasteiger partial charge in [-0.3, -0.25) is 4.79 Å². The van der Waals surface area contributed by atoms with E-state index < -0.39 is 11.7 Å². The molecule has 4 aromatic rings. The van der Waals surface area contributed by atoms with Gasteiger partial charge in [-0.05, 0) is 60.5 Å². The number of amides is 1. The van der Waals surface area contributed by atoms with E-state index in [1.54, 1.807) is 36.4 Å². The van der Waals surface area contributed by atoms with E-state index in [4.69, 9.17) is 9.47 Å². The number of anilines is 1. The Balaban J connectivity index is 1.59. The van der Waals surface area contributed by atoms with Crippen LogP contribution in [0.4, 0.5) is 18.9 Å². The zero-order chi connectivity index (χ0) is 26.4. The summed E-state index contributed by atoms with van der Waals surface area (Å²) >= 11 is 0. The molecule has 1 amide bonds. The van der Waals surface area contributed by atoms with E-state index in [0.29, 0.717) is 34.9 Å². The molecule has 1 N–H and O–H groups in total. The second-order valence-corrected chi connectivity index (χ2v) is 8.10. The van der Waals surface area contributed by atoms with Gasteiger partial charge >= 0.3 is 12.2 Å². The molecule has 0 aliphatic rings. The van der Waals surface area contributed by atoms with Crippen molar-refractivity contribution in [3.8, 4) is 23.1 Å². The minimum Gasteiger partial charge on any atom is -0.460 e. The molecule has 192 valence electrons. The first-order valence-corrected chi connectivity index (χ1v) is 11.6. The average Bonchev–Trinajstić information content (AvgIpc) is 3.33. The van der Waals surface area contributed by atoms with E-state index in [-0.39, 0.29) is 18.5 Å². The quantitative estimate of drug-likeness (QED) is 0.288. The highest BCUT2D eigenvalue weighted by molar-refractivity contribution is 6.04. The van der Waals surface area contributed by atoms with E-state index in [0.717, 1.165) is 24.1 Å². The zero-order valence-corrected chi connectivity index (χ0v) is 20.2. The molecule has 0 aliphatic carbocycles. The minimum absolute atomic E-state index is 0.0554. The number of aryl methyl sites for hydroxylation is 1. The first-order valence-electron chi connectivity index (χ1n) is 11.6. The molecule has 0 spiro atoms. The molecule has 1 aromatic heterocycles. The summed E-state index contributed by atoms with van der Waals surface area (Å²) in [4.78, 5) is 17.0. The lowest BCUT2D eigenvalue weighted by Crippen LogP contribution is -2.12. The van der Waals surface area contributed by atoms with Crippen LogP contribution in [0.5, 0.6) is 6.01 Å². The maximum absolute atomic E-state index is 13.0. The third kappa shape index (κ3) is 6.34. The number of aromatic nitrogens is 3. The summed E-state index contributed by atoms with van der Waals surface area (Å²) in [5.74, 6) is 0.0596. The van der Waals surface area contributed by atoms with Crippen LogP contribution in [0.2, 0.25) is 0 Å². The lowest BCUT2D eigenvalue weighted by Gasteiger charge is -2.10. The number of carbonyl (C=O) groups excluding carboxylic acids is 1. The summed E-state index contributed by atoms with van der Waals surface area (Å²) in [5, 5.41) is 7.22. The number of nitrogens with zero attached hydrogens (tertiary/aromatic N) is 3. The summed E-state index contributed by atoms with van der Waals surface area (Å²) in [5.41, 5.74) is 2.50. The van der Waals surface area contributed by atoms with Crippen LogP contribution >= 0.6 is 0 Å². The Morgan fingerprint density at radius 2 is 1.62 bits per heavy atom. The molecule has 0 saturated heterocycles. The third-order valence-corrected chi connectivity index (χ3v) is 5.57. The lowest BCUT2D eigenvalue weighted by molar-refractivity contribution is -0.137. The smallest absolute Gasteiger partial charge is 0.416 e. The molecule has 0 atom stereocenters. The van der Waals surface area contributed by atoms with Gasteiger partial charge in [-0.2, -0.15) is 18.2 Å². The zero-order valence-electron chi connectivity index (χ0n) is 20.2. The van der Waals surface area contributed by atoms with Crippen molar-refractivity contribution in [3.05, 3.63) is 89.5 Å². The van der Waals surface area contributed by atoms with Crippen LogP contribution in [0.25, 0.3) is 17.1 Å². The summed E-state index contributed by atoms with van der Waals surface area (Å²) < 4.78 is 51.0. The fourth-order valence-corrected chi connectivity index (χ4v) is 3.53. The number of alkyl halides is 3. The number of rotatable bonds is 9. The van der Waals surface area contributed by atoms with Gasteiger partial charge in [0.05, 0.1) is 17.9 Å². The van der Waals surface area contributed by atoms with Crippen LogP contribution in [0.15, 0.2) is 72.8 Å². The maximum Gasteiger partial charge on any atom is 0.416 e. The third-order valence-electron chi connectivity index (χ3n) is 5.57. The summed E-state index contributed by atoms with van der Waals surface area (Å²) in [7, 11) is 1.53. The molecule has 0 bridgehead atoms. The SMILES string of the molecule is CCc1ccc(C(=O)Nc2ccc(-n3nc(OCCOC)nc3-c3ccc(C(F)(F)F)cc3)cc2)cc1. The number of halogens is 3. The van der Waals surface area contributed by atoms with Gasteiger partial charge in [0.2, 0.25) is 0 Å². The van der Waals surface area contributed by atoms with Crippen LogP contribution in [-0.2, 0) is 17.3 Å². The largest absolute Gasteiger partial charge is 0.460 e. The van der Waals surface area contributed by atoms with E-state index >= 15 is 0 Å². The second kappa shape index (κ2) is 11.3. The highest BCUT2D eigenvalue weighted by atomic mass is 19.4. The second-order valence-electron chi connectivity index (χ2n) is 8.10. The Labute approximate surface area is 211 Å². The van der Waals surface area contributed by atoms with Gasteiger partial charge in [-0.15, -0.1) is 5.10 Å².